The predicted octanol–water partition coefficient (Wildman–Crippen LogP) is 3.16. The van der Waals surface area contributed by atoms with Gasteiger partial charge in [0.25, 0.3) is 0 Å². The van der Waals surface area contributed by atoms with Gasteiger partial charge in [-0.15, -0.1) is 0 Å². The minimum absolute atomic E-state index is 0.118. The quantitative estimate of drug-likeness (QED) is 0.828. The average Bonchev–Trinajstić information content (AvgIpc) is 2.96. The van der Waals surface area contributed by atoms with Gasteiger partial charge in [0.05, 0.1) is 5.56 Å². The van der Waals surface area contributed by atoms with Gasteiger partial charge in [0, 0.05) is 6.04 Å². The van der Waals surface area contributed by atoms with Crippen molar-refractivity contribution < 1.29 is 13.2 Å². The first-order chi connectivity index (χ1) is 7.39. The summed E-state index contributed by atoms with van der Waals surface area (Å²) < 4.78 is 37.0. The van der Waals surface area contributed by atoms with Crippen molar-refractivity contribution >= 4 is 0 Å². The number of halogens is 3. The van der Waals surface area contributed by atoms with Crippen molar-refractivity contribution in [2.75, 3.05) is 0 Å². The maximum atomic E-state index is 12.3. The highest BCUT2D eigenvalue weighted by atomic mass is 19.4. The zero-order valence-corrected chi connectivity index (χ0v) is 8.96. The van der Waals surface area contributed by atoms with Crippen molar-refractivity contribution in [2.45, 2.75) is 31.5 Å². The summed E-state index contributed by atoms with van der Waals surface area (Å²) >= 11 is 0. The van der Waals surface area contributed by atoms with Crippen LogP contribution in [0.5, 0.6) is 0 Å². The Kier molecular flexibility index (Phi) is 2.70. The molecule has 88 valence electrons. The van der Waals surface area contributed by atoms with Crippen molar-refractivity contribution in [1.29, 1.82) is 0 Å². The third kappa shape index (κ3) is 2.21. The highest BCUT2D eigenvalue weighted by molar-refractivity contribution is 5.31. The molecule has 1 aliphatic carbocycles. The molecule has 1 fully saturated rings. The summed E-state index contributed by atoms with van der Waals surface area (Å²) in [7, 11) is 0. The van der Waals surface area contributed by atoms with E-state index in [0.717, 1.165) is 24.1 Å². The van der Waals surface area contributed by atoms with E-state index in [4.69, 9.17) is 5.73 Å². The Labute approximate surface area is 92.5 Å². The number of hydrogen-bond donors (Lipinski definition) is 1. The lowest BCUT2D eigenvalue weighted by Gasteiger charge is -2.08. The van der Waals surface area contributed by atoms with Crippen LogP contribution in [-0.2, 0) is 6.18 Å². The molecule has 0 aliphatic heterocycles. The molecule has 0 saturated heterocycles. The Bertz CT molecular complexity index is 367. The monoisotopic (exact) mass is 229 g/mol. The van der Waals surface area contributed by atoms with Crippen molar-refractivity contribution in [3.8, 4) is 0 Å². The van der Waals surface area contributed by atoms with Crippen molar-refractivity contribution in [3.63, 3.8) is 0 Å². The molecular formula is C12H14F3N. The van der Waals surface area contributed by atoms with E-state index in [1.807, 2.05) is 6.92 Å². The fraction of sp³-hybridized carbons (Fsp3) is 0.500. The Morgan fingerprint density at radius 1 is 1.25 bits per heavy atom. The molecule has 1 aromatic carbocycles. The van der Waals surface area contributed by atoms with Gasteiger partial charge in [-0.1, -0.05) is 12.1 Å². The zero-order chi connectivity index (χ0) is 11.9. The molecule has 3 atom stereocenters. The van der Waals surface area contributed by atoms with Gasteiger partial charge in [-0.25, -0.2) is 0 Å². The van der Waals surface area contributed by atoms with Gasteiger partial charge in [-0.05, 0) is 42.9 Å². The van der Waals surface area contributed by atoms with Gasteiger partial charge in [-0.3, -0.25) is 0 Å². The normalized spacial score (nSPS) is 26.6. The van der Waals surface area contributed by atoms with Gasteiger partial charge in [-0.2, -0.15) is 13.2 Å². The van der Waals surface area contributed by atoms with Gasteiger partial charge in [0.2, 0.25) is 0 Å². The van der Waals surface area contributed by atoms with Gasteiger partial charge in [0.1, 0.15) is 0 Å². The van der Waals surface area contributed by atoms with Crippen LogP contribution in [0.2, 0.25) is 0 Å². The summed E-state index contributed by atoms with van der Waals surface area (Å²) in [4.78, 5) is 0. The first-order valence-electron chi connectivity index (χ1n) is 5.32. The Hall–Kier alpha value is -1.03. The number of hydrogen-bond acceptors (Lipinski definition) is 1. The van der Waals surface area contributed by atoms with Gasteiger partial charge >= 0.3 is 6.18 Å². The largest absolute Gasteiger partial charge is 0.416 e. The minimum Gasteiger partial charge on any atom is -0.328 e. The van der Waals surface area contributed by atoms with Crippen LogP contribution in [0.1, 0.15) is 30.4 Å². The molecule has 1 nitrogen and oxygen atoms in total. The molecular weight excluding hydrogens is 215 g/mol. The van der Waals surface area contributed by atoms with Crippen LogP contribution in [0.25, 0.3) is 0 Å². The Balaban J connectivity index is 2.10. The van der Waals surface area contributed by atoms with Crippen molar-refractivity contribution in [2.24, 2.45) is 11.7 Å². The van der Waals surface area contributed by atoms with Crippen LogP contribution in [-0.4, -0.2) is 6.04 Å². The van der Waals surface area contributed by atoms with Crippen LogP contribution in [0.15, 0.2) is 24.3 Å². The van der Waals surface area contributed by atoms with Crippen LogP contribution in [0, 0.1) is 5.92 Å². The number of alkyl halides is 3. The van der Waals surface area contributed by atoms with Crippen molar-refractivity contribution in [1.82, 2.24) is 0 Å². The second kappa shape index (κ2) is 3.77. The van der Waals surface area contributed by atoms with Crippen molar-refractivity contribution in [3.05, 3.63) is 35.4 Å². The molecule has 1 aliphatic rings. The molecule has 1 saturated carbocycles. The predicted molar refractivity (Wildman–Crippen MR) is 55.9 cm³/mol. The topological polar surface area (TPSA) is 26.0 Å². The molecule has 0 unspecified atom stereocenters. The summed E-state index contributed by atoms with van der Waals surface area (Å²) in [6.07, 6.45) is -3.26. The van der Waals surface area contributed by atoms with E-state index in [0.29, 0.717) is 11.8 Å². The van der Waals surface area contributed by atoms with E-state index >= 15 is 0 Å². The van der Waals surface area contributed by atoms with Crippen LogP contribution in [0.4, 0.5) is 13.2 Å². The maximum Gasteiger partial charge on any atom is 0.416 e. The second-order valence-corrected chi connectivity index (χ2v) is 4.48. The summed E-state index contributed by atoms with van der Waals surface area (Å²) in [6, 6.07) is 5.54. The second-order valence-electron chi connectivity index (χ2n) is 4.48. The van der Waals surface area contributed by atoms with E-state index in [1.165, 1.54) is 0 Å². The first kappa shape index (κ1) is 11.5. The van der Waals surface area contributed by atoms with E-state index in [-0.39, 0.29) is 6.04 Å². The fourth-order valence-electron chi connectivity index (χ4n) is 2.10. The SMILES string of the molecule is C[C@H](N)[C@H]1C[C@H]1c1ccc(C(F)(F)F)cc1. The fourth-order valence-corrected chi connectivity index (χ4v) is 2.10. The molecule has 0 spiro atoms. The molecule has 2 rings (SSSR count). The molecule has 4 heteroatoms. The minimum atomic E-state index is -4.25. The molecule has 0 radical (unpaired) electrons. The molecule has 0 bridgehead atoms. The average molecular weight is 229 g/mol. The highest BCUT2D eigenvalue weighted by Gasteiger charge is 2.41. The van der Waals surface area contributed by atoms with Crippen LogP contribution in [0.3, 0.4) is 0 Å². The summed E-state index contributed by atoms with van der Waals surface area (Å²) in [6.45, 7) is 1.94. The summed E-state index contributed by atoms with van der Waals surface area (Å²) in [5.41, 5.74) is 6.12. The standard InChI is InChI=1S/C12H14F3N/c1-7(16)10-6-11(10)8-2-4-9(5-3-8)12(13,14)15/h2-5,7,10-11H,6,16H2,1H3/t7-,10+,11-/m0/s1. The molecule has 0 aromatic heterocycles. The van der Waals surface area contributed by atoms with Gasteiger partial charge < -0.3 is 5.73 Å². The third-order valence-corrected chi connectivity index (χ3v) is 3.18. The lowest BCUT2D eigenvalue weighted by Crippen LogP contribution is -2.17. The highest BCUT2D eigenvalue weighted by Crippen LogP contribution is 2.49. The lowest BCUT2D eigenvalue weighted by molar-refractivity contribution is -0.137. The van der Waals surface area contributed by atoms with E-state index < -0.39 is 11.7 Å². The number of rotatable bonds is 2. The Morgan fingerprint density at radius 2 is 1.81 bits per heavy atom. The molecule has 2 N–H and O–H groups in total. The lowest BCUT2D eigenvalue weighted by atomic mass is 10.0. The smallest absolute Gasteiger partial charge is 0.328 e. The summed E-state index contributed by atoms with van der Waals surface area (Å²) in [5, 5.41) is 0. The molecule has 1 aromatic rings. The third-order valence-electron chi connectivity index (χ3n) is 3.18. The molecule has 0 amide bonds. The molecule has 16 heavy (non-hydrogen) atoms. The first-order valence-corrected chi connectivity index (χ1v) is 5.32. The van der Waals surface area contributed by atoms with E-state index in [9.17, 15) is 13.2 Å². The van der Waals surface area contributed by atoms with Gasteiger partial charge in [0.15, 0.2) is 0 Å². The Morgan fingerprint density at radius 3 is 2.19 bits per heavy atom. The summed E-state index contributed by atoms with van der Waals surface area (Å²) in [5.74, 6) is 0.777. The molecule has 0 heterocycles. The van der Waals surface area contributed by atoms with Crippen LogP contribution >= 0.6 is 0 Å². The van der Waals surface area contributed by atoms with E-state index in [1.54, 1.807) is 12.1 Å². The maximum absolute atomic E-state index is 12.3. The van der Waals surface area contributed by atoms with Crippen LogP contribution < -0.4 is 5.73 Å². The number of nitrogens with two attached hydrogens (primary N) is 1. The van der Waals surface area contributed by atoms with E-state index in [2.05, 4.69) is 0 Å². The zero-order valence-electron chi connectivity index (χ0n) is 8.96. The number of benzene rings is 1.